The first-order valence-electron chi connectivity index (χ1n) is 7.89. The molecular weight excluding hydrogens is 330 g/mol. The highest BCUT2D eigenvalue weighted by Crippen LogP contribution is 2.18. The SMILES string of the molecule is Cc1sc2ncc(C(=O)NCCCCCCC(=O)O)c(=O)n2c1C. The van der Waals surface area contributed by atoms with Gasteiger partial charge < -0.3 is 10.4 Å². The van der Waals surface area contributed by atoms with Crippen molar-refractivity contribution in [1.29, 1.82) is 0 Å². The van der Waals surface area contributed by atoms with Crippen LogP contribution in [0.3, 0.4) is 0 Å². The van der Waals surface area contributed by atoms with E-state index in [1.54, 1.807) is 0 Å². The van der Waals surface area contributed by atoms with Crippen molar-refractivity contribution < 1.29 is 14.7 Å². The van der Waals surface area contributed by atoms with Gasteiger partial charge in [0.2, 0.25) is 0 Å². The molecule has 7 nitrogen and oxygen atoms in total. The number of fused-ring (bicyclic) bond motifs is 1. The second-order valence-corrected chi connectivity index (χ2v) is 6.83. The largest absolute Gasteiger partial charge is 0.481 e. The van der Waals surface area contributed by atoms with Crippen molar-refractivity contribution in [2.24, 2.45) is 0 Å². The Labute approximate surface area is 143 Å². The molecule has 0 saturated heterocycles. The molecule has 24 heavy (non-hydrogen) atoms. The Morgan fingerprint density at radius 2 is 1.96 bits per heavy atom. The van der Waals surface area contributed by atoms with Crippen molar-refractivity contribution >= 4 is 28.2 Å². The van der Waals surface area contributed by atoms with Gasteiger partial charge in [-0.1, -0.05) is 12.8 Å². The van der Waals surface area contributed by atoms with Crippen LogP contribution in [-0.2, 0) is 4.79 Å². The number of aliphatic carboxylic acids is 1. The van der Waals surface area contributed by atoms with E-state index in [-0.39, 0.29) is 17.5 Å². The number of hydrogen-bond donors (Lipinski definition) is 2. The molecule has 1 amide bonds. The fraction of sp³-hybridized carbons (Fsp3) is 0.500. The number of nitrogens with zero attached hydrogens (tertiary/aromatic N) is 2. The zero-order valence-electron chi connectivity index (χ0n) is 13.8. The number of carboxylic acid groups (broad SMARTS) is 1. The Kier molecular flexibility index (Phi) is 6.08. The lowest BCUT2D eigenvalue weighted by atomic mass is 10.1. The quantitative estimate of drug-likeness (QED) is 0.710. The number of hydrogen-bond acceptors (Lipinski definition) is 5. The zero-order chi connectivity index (χ0) is 17.7. The molecule has 0 aliphatic heterocycles. The molecule has 2 N–H and O–H groups in total. The molecule has 2 aromatic heterocycles. The first kappa shape index (κ1) is 18.1. The third kappa shape index (κ3) is 4.19. The molecule has 0 atom stereocenters. The summed E-state index contributed by atoms with van der Waals surface area (Å²) in [6, 6.07) is 0. The van der Waals surface area contributed by atoms with Gasteiger partial charge in [-0.05, 0) is 26.7 Å². The third-order valence-corrected chi connectivity index (χ3v) is 4.94. The lowest BCUT2D eigenvalue weighted by Crippen LogP contribution is -2.32. The maximum Gasteiger partial charge on any atom is 0.303 e. The number of carbonyl (C=O) groups is 2. The average Bonchev–Trinajstić information content (AvgIpc) is 2.81. The van der Waals surface area contributed by atoms with E-state index < -0.39 is 11.9 Å². The molecule has 0 spiro atoms. The molecular formula is C16H21N3O4S. The Hall–Kier alpha value is -2.22. The van der Waals surface area contributed by atoms with Gasteiger partial charge in [-0.3, -0.25) is 18.8 Å². The lowest BCUT2D eigenvalue weighted by Gasteiger charge is -2.05. The van der Waals surface area contributed by atoms with E-state index in [0.29, 0.717) is 17.9 Å². The third-order valence-electron chi connectivity index (χ3n) is 3.87. The van der Waals surface area contributed by atoms with Crippen molar-refractivity contribution in [3.63, 3.8) is 0 Å². The number of rotatable bonds is 8. The molecule has 0 bridgehead atoms. The molecule has 0 radical (unpaired) electrons. The molecule has 2 rings (SSSR count). The summed E-state index contributed by atoms with van der Waals surface area (Å²) in [4.78, 5) is 40.8. The monoisotopic (exact) mass is 351 g/mol. The van der Waals surface area contributed by atoms with Crippen molar-refractivity contribution in [2.75, 3.05) is 6.54 Å². The molecule has 0 fully saturated rings. The molecule has 0 aliphatic carbocycles. The number of amides is 1. The van der Waals surface area contributed by atoms with Crippen LogP contribution in [0, 0.1) is 13.8 Å². The topological polar surface area (TPSA) is 101 Å². The van der Waals surface area contributed by atoms with E-state index in [1.807, 2.05) is 13.8 Å². The van der Waals surface area contributed by atoms with Gasteiger partial charge in [0, 0.05) is 29.7 Å². The van der Waals surface area contributed by atoms with E-state index in [1.165, 1.54) is 21.9 Å². The summed E-state index contributed by atoms with van der Waals surface area (Å²) in [6.07, 6.45) is 4.54. The molecule has 8 heteroatoms. The number of nitrogens with one attached hydrogen (secondary N) is 1. The minimum absolute atomic E-state index is 0.0410. The van der Waals surface area contributed by atoms with Crippen LogP contribution in [0.25, 0.3) is 4.96 Å². The van der Waals surface area contributed by atoms with Gasteiger partial charge >= 0.3 is 5.97 Å². The fourth-order valence-electron chi connectivity index (χ4n) is 2.38. The Morgan fingerprint density at radius 3 is 2.67 bits per heavy atom. The number of unbranched alkanes of at least 4 members (excludes halogenated alkanes) is 3. The van der Waals surface area contributed by atoms with Crippen molar-refractivity contribution in [3.05, 3.63) is 32.7 Å². The number of aryl methyl sites for hydroxylation is 2. The summed E-state index contributed by atoms with van der Waals surface area (Å²) in [5.74, 6) is -1.21. The van der Waals surface area contributed by atoms with Crippen LogP contribution in [0.2, 0.25) is 0 Å². The van der Waals surface area contributed by atoms with E-state index >= 15 is 0 Å². The highest BCUT2D eigenvalue weighted by molar-refractivity contribution is 7.17. The molecule has 0 aliphatic rings. The highest BCUT2D eigenvalue weighted by Gasteiger charge is 2.16. The van der Waals surface area contributed by atoms with Gasteiger partial charge in [0.05, 0.1) is 0 Å². The predicted molar refractivity (Wildman–Crippen MR) is 91.9 cm³/mol. The smallest absolute Gasteiger partial charge is 0.303 e. The number of aromatic nitrogens is 2. The van der Waals surface area contributed by atoms with Gasteiger partial charge in [0.1, 0.15) is 5.56 Å². The van der Waals surface area contributed by atoms with Crippen LogP contribution >= 0.6 is 11.3 Å². The van der Waals surface area contributed by atoms with Crippen molar-refractivity contribution in [2.45, 2.75) is 46.0 Å². The van der Waals surface area contributed by atoms with Gasteiger partial charge in [-0.2, -0.15) is 0 Å². The molecule has 0 aromatic carbocycles. The Morgan fingerprint density at radius 1 is 1.25 bits per heavy atom. The van der Waals surface area contributed by atoms with E-state index in [9.17, 15) is 14.4 Å². The van der Waals surface area contributed by atoms with Gasteiger partial charge in [-0.15, -0.1) is 11.3 Å². The summed E-state index contributed by atoms with van der Waals surface area (Å²) in [7, 11) is 0. The maximum atomic E-state index is 12.5. The summed E-state index contributed by atoms with van der Waals surface area (Å²) in [6.45, 7) is 4.20. The van der Waals surface area contributed by atoms with Crippen molar-refractivity contribution in [1.82, 2.24) is 14.7 Å². The second-order valence-electron chi connectivity index (χ2n) is 5.65. The average molecular weight is 351 g/mol. The number of carboxylic acids is 1. The van der Waals surface area contributed by atoms with Gasteiger partial charge in [0.15, 0.2) is 4.96 Å². The van der Waals surface area contributed by atoms with E-state index in [2.05, 4.69) is 10.3 Å². The second kappa shape index (κ2) is 8.05. The van der Waals surface area contributed by atoms with Crippen LogP contribution in [0.15, 0.2) is 11.0 Å². The number of carbonyl (C=O) groups excluding carboxylic acids is 1. The highest BCUT2D eigenvalue weighted by atomic mass is 32.1. The molecule has 0 unspecified atom stereocenters. The molecule has 2 aromatic rings. The minimum atomic E-state index is -0.786. The normalized spacial score (nSPS) is 10.9. The van der Waals surface area contributed by atoms with Crippen LogP contribution < -0.4 is 10.9 Å². The Balaban J connectivity index is 1.90. The van der Waals surface area contributed by atoms with E-state index in [0.717, 1.165) is 29.8 Å². The van der Waals surface area contributed by atoms with Crippen molar-refractivity contribution in [3.8, 4) is 0 Å². The molecule has 0 saturated carbocycles. The van der Waals surface area contributed by atoms with Crippen LogP contribution in [-0.4, -0.2) is 32.9 Å². The van der Waals surface area contributed by atoms with Gasteiger partial charge in [0.25, 0.3) is 11.5 Å². The maximum absolute atomic E-state index is 12.5. The fourth-order valence-corrected chi connectivity index (χ4v) is 3.31. The first-order valence-corrected chi connectivity index (χ1v) is 8.71. The Bertz CT molecular complexity index is 809. The zero-order valence-corrected chi connectivity index (χ0v) is 14.6. The van der Waals surface area contributed by atoms with Crippen LogP contribution in [0.5, 0.6) is 0 Å². The number of thiazole rings is 1. The standard InChI is InChI=1S/C16H21N3O4S/c1-10-11(2)24-16-18-9-12(15(23)19(10)16)14(22)17-8-6-4-3-5-7-13(20)21/h9H,3-8H2,1-2H3,(H,17,22)(H,20,21). The summed E-state index contributed by atoms with van der Waals surface area (Å²) in [5, 5.41) is 11.3. The first-order chi connectivity index (χ1) is 11.4. The van der Waals surface area contributed by atoms with Gasteiger partial charge in [-0.25, -0.2) is 4.98 Å². The minimum Gasteiger partial charge on any atom is -0.481 e. The summed E-state index contributed by atoms with van der Waals surface area (Å²) < 4.78 is 1.47. The van der Waals surface area contributed by atoms with Crippen LogP contribution in [0.4, 0.5) is 0 Å². The lowest BCUT2D eigenvalue weighted by molar-refractivity contribution is -0.137. The predicted octanol–water partition coefficient (Wildman–Crippen LogP) is 2.14. The van der Waals surface area contributed by atoms with E-state index in [4.69, 9.17) is 5.11 Å². The summed E-state index contributed by atoms with van der Waals surface area (Å²) in [5.41, 5.74) is 0.501. The van der Waals surface area contributed by atoms with Crippen LogP contribution in [0.1, 0.15) is 53.0 Å². The summed E-state index contributed by atoms with van der Waals surface area (Å²) >= 11 is 1.42. The molecule has 130 valence electrons. The molecule has 2 heterocycles.